The van der Waals surface area contributed by atoms with Crippen LogP contribution in [0, 0.1) is 0 Å². The summed E-state index contributed by atoms with van der Waals surface area (Å²) in [6, 6.07) is 28.1. The lowest BCUT2D eigenvalue weighted by Gasteiger charge is -2.23. The molecule has 0 amide bonds. The average Bonchev–Trinajstić information content (AvgIpc) is 2.67. The maximum Gasteiger partial charge on any atom is 0.194 e. The molecule has 0 atom stereocenters. The molecule has 0 radical (unpaired) electrons. The van der Waals surface area contributed by atoms with Crippen molar-refractivity contribution in [3.8, 4) is 11.1 Å². The van der Waals surface area contributed by atoms with Crippen LogP contribution < -0.4 is 5.32 Å². The van der Waals surface area contributed by atoms with Gasteiger partial charge in [0.1, 0.15) is 0 Å². The fourth-order valence-corrected chi connectivity index (χ4v) is 3.67. The maximum atomic E-state index is 12.9. The molecule has 5 rings (SSSR count). The number of carbonyl (C=O) groups is 1. The Balaban J connectivity index is 1.85. The number of hydrogen-bond acceptors (Lipinski definition) is 2. The van der Waals surface area contributed by atoms with E-state index in [2.05, 4.69) is 23.5 Å². The molecule has 4 aromatic carbocycles. The zero-order chi connectivity index (χ0) is 16.8. The number of carbonyl (C=O) groups excluding carboxylic acids is 1. The molecule has 1 aliphatic carbocycles. The second kappa shape index (κ2) is 5.32. The largest absolute Gasteiger partial charge is 0.355 e. The van der Waals surface area contributed by atoms with Gasteiger partial charge in [-0.15, -0.1) is 0 Å². The number of fused-ring (bicyclic) bond motifs is 2. The minimum absolute atomic E-state index is 0.102. The van der Waals surface area contributed by atoms with Crippen molar-refractivity contribution >= 4 is 27.9 Å². The fraction of sp³-hybridized carbons (Fsp3) is 0. The SMILES string of the molecule is O=C1c2ccccc2-c2c(Nc3ccccc3)ccc3cccc1c23. The summed E-state index contributed by atoms with van der Waals surface area (Å²) in [5.74, 6) is 0.102. The van der Waals surface area contributed by atoms with E-state index < -0.39 is 0 Å². The summed E-state index contributed by atoms with van der Waals surface area (Å²) in [6.07, 6.45) is 0. The van der Waals surface area contributed by atoms with Gasteiger partial charge in [0, 0.05) is 33.5 Å². The van der Waals surface area contributed by atoms with Crippen LogP contribution in [0.4, 0.5) is 11.4 Å². The molecule has 0 aromatic heterocycles. The Morgan fingerprint density at radius 3 is 2.16 bits per heavy atom. The van der Waals surface area contributed by atoms with Crippen LogP contribution in [-0.4, -0.2) is 5.78 Å². The van der Waals surface area contributed by atoms with E-state index in [9.17, 15) is 4.79 Å². The maximum absolute atomic E-state index is 12.9. The monoisotopic (exact) mass is 321 g/mol. The molecule has 118 valence electrons. The topological polar surface area (TPSA) is 29.1 Å². The van der Waals surface area contributed by atoms with Crippen molar-refractivity contribution in [2.45, 2.75) is 0 Å². The summed E-state index contributed by atoms with van der Waals surface area (Å²) in [7, 11) is 0. The molecule has 0 unspecified atom stereocenters. The molecular weight excluding hydrogens is 306 g/mol. The first-order valence-electron chi connectivity index (χ1n) is 8.35. The van der Waals surface area contributed by atoms with Crippen LogP contribution in [0.2, 0.25) is 0 Å². The van der Waals surface area contributed by atoms with Gasteiger partial charge in [0.2, 0.25) is 0 Å². The molecule has 0 spiro atoms. The van der Waals surface area contributed by atoms with Gasteiger partial charge in [0.25, 0.3) is 0 Å². The first-order valence-corrected chi connectivity index (χ1v) is 8.35. The number of rotatable bonds is 2. The highest BCUT2D eigenvalue weighted by Crippen LogP contribution is 2.44. The van der Waals surface area contributed by atoms with Gasteiger partial charge >= 0.3 is 0 Å². The second-order valence-electron chi connectivity index (χ2n) is 6.26. The third-order valence-electron chi connectivity index (χ3n) is 4.78. The minimum atomic E-state index is 0.102. The van der Waals surface area contributed by atoms with Gasteiger partial charge in [-0.3, -0.25) is 4.79 Å². The van der Waals surface area contributed by atoms with Crippen molar-refractivity contribution in [3.05, 3.63) is 96.1 Å². The van der Waals surface area contributed by atoms with E-state index in [1.807, 2.05) is 66.7 Å². The Hall–Kier alpha value is -3.39. The Morgan fingerprint density at radius 2 is 1.32 bits per heavy atom. The van der Waals surface area contributed by atoms with Crippen LogP contribution in [0.15, 0.2) is 84.9 Å². The lowest BCUT2D eigenvalue weighted by atomic mass is 9.82. The molecule has 2 heteroatoms. The van der Waals surface area contributed by atoms with E-state index in [4.69, 9.17) is 0 Å². The molecule has 1 aliphatic rings. The molecule has 25 heavy (non-hydrogen) atoms. The molecule has 0 saturated heterocycles. The molecule has 4 aromatic rings. The highest BCUT2D eigenvalue weighted by Gasteiger charge is 2.26. The number of benzene rings is 4. The van der Waals surface area contributed by atoms with Crippen LogP contribution in [0.25, 0.3) is 21.9 Å². The molecule has 0 heterocycles. The molecule has 0 fully saturated rings. The first-order chi connectivity index (χ1) is 12.3. The summed E-state index contributed by atoms with van der Waals surface area (Å²) in [5, 5.41) is 5.65. The highest BCUT2D eigenvalue weighted by molar-refractivity contribution is 6.27. The Morgan fingerprint density at radius 1 is 0.600 bits per heavy atom. The molecular formula is C23H15NO. The quantitative estimate of drug-likeness (QED) is 0.445. The van der Waals surface area contributed by atoms with E-state index in [1.165, 1.54) is 0 Å². The number of hydrogen-bond donors (Lipinski definition) is 1. The van der Waals surface area contributed by atoms with Gasteiger partial charge in [-0.1, -0.05) is 66.7 Å². The Bertz CT molecular complexity index is 1130. The van der Waals surface area contributed by atoms with Crippen LogP contribution in [-0.2, 0) is 0 Å². The summed E-state index contributed by atoms with van der Waals surface area (Å²) < 4.78 is 0. The van der Waals surface area contributed by atoms with E-state index in [1.54, 1.807) is 0 Å². The second-order valence-corrected chi connectivity index (χ2v) is 6.26. The van der Waals surface area contributed by atoms with Gasteiger partial charge in [-0.2, -0.15) is 0 Å². The van der Waals surface area contributed by atoms with Gasteiger partial charge in [0.15, 0.2) is 5.78 Å². The smallest absolute Gasteiger partial charge is 0.194 e. The molecule has 0 bridgehead atoms. The van der Waals surface area contributed by atoms with Gasteiger partial charge in [0.05, 0.1) is 0 Å². The Kier molecular flexibility index (Phi) is 2.98. The average molecular weight is 321 g/mol. The molecule has 1 N–H and O–H groups in total. The van der Waals surface area contributed by atoms with E-state index in [0.29, 0.717) is 0 Å². The van der Waals surface area contributed by atoms with Gasteiger partial charge in [-0.25, -0.2) is 0 Å². The van der Waals surface area contributed by atoms with Gasteiger partial charge in [-0.05, 0) is 29.1 Å². The van der Waals surface area contributed by atoms with Gasteiger partial charge < -0.3 is 5.32 Å². The zero-order valence-electron chi connectivity index (χ0n) is 13.5. The summed E-state index contributed by atoms with van der Waals surface area (Å²) >= 11 is 0. The summed E-state index contributed by atoms with van der Waals surface area (Å²) in [6.45, 7) is 0. The van der Waals surface area contributed by atoms with Crippen LogP contribution in [0.5, 0.6) is 0 Å². The van der Waals surface area contributed by atoms with Crippen LogP contribution >= 0.6 is 0 Å². The lowest BCUT2D eigenvalue weighted by molar-refractivity contribution is 0.104. The van der Waals surface area contributed by atoms with Crippen LogP contribution in [0.3, 0.4) is 0 Å². The predicted octanol–water partition coefficient (Wildman–Crippen LogP) is 5.79. The standard InChI is InChI=1S/C23H15NO/c25-23-18-11-5-4-10-17(18)22-20(24-16-8-2-1-3-9-16)14-13-15-7-6-12-19(23)21(15)22/h1-14,24H. The van der Waals surface area contributed by atoms with Crippen molar-refractivity contribution in [1.29, 1.82) is 0 Å². The van der Waals surface area contributed by atoms with Crippen molar-refractivity contribution in [2.24, 2.45) is 0 Å². The van der Waals surface area contributed by atoms with E-state index in [-0.39, 0.29) is 5.78 Å². The minimum Gasteiger partial charge on any atom is -0.355 e. The van der Waals surface area contributed by atoms with Crippen molar-refractivity contribution in [2.75, 3.05) is 5.32 Å². The third-order valence-corrected chi connectivity index (χ3v) is 4.78. The fourth-order valence-electron chi connectivity index (χ4n) is 3.67. The predicted molar refractivity (Wildman–Crippen MR) is 103 cm³/mol. The van der Waals surface area contributed by atoms with Crippen molar-refractivity contribution in [3.63, 3.8) is 0 Å². The number of para-hydroxylation sites is 1. The zero-order valence-corrected chi connectivity index (χ0v) is 13.5. The van der Waals surface area contributed by atoms with E-state index >= 15 is 0 Å². The van der Waals surface area contributed by atoms with Crippen LogP contribution in [0.1, 0.15) is 15.9 Å². The lowest BCUT2D eigenvalue weighted by Crippen LogP contribution is -2.11. The summed E-state index contributed by atoms with van der Waals surface area (Å²) in [4.78, 5) is 12.9. The summed E-state index contributed by atoms with van der Waals surface area (Å²) in [5.41, 5.74) is 5.70. The number of ketones is 1. The van der Waals surface area contributed by atoms with Crippen molar-refractivity contribution in [1.82, 2.24) is 0 Å². The highest BCUT2D eigenvalue weighted by atomic mass is 16.1. The normalized spacial score (nSPS) is 12.1. The Labute approximate surface area is 145 Å². The first kappa shape index (κ1) is 14.0. The number of anilines is 2. The van der Waals surface area contributed by atoms with Crippen molar-refractivity contribution < 1.29 is 4.79 Å². The third kappa shape index (κ3) is 2.08. The van der Waals surface area contributed by atoms with E-state index in [0.717, 1.165) is 44.4 Å². The molecule has 0 aliphatic heterocycles. The molecule has 0 saturated carbocycles. The number of nitrogens with one attached hydrogen (secondary N) is 1. The molecule has 2 nitrogen and oxygen atoms in total.